The molecule has 6 rings (SSSR count). The second-order valence-electron chi connectivity index (χ2n) is 9.21. The van der Waals surface area contributed by atoms with E-state index in [9.17, 15) is 8.42 Å². The summed E-state index contributed by atoms with van der Waals surface area (Å²) in [4.78, 5) is 14.4. The van der Waals surface area contributed by atoms with Crippen LogP contribution in [0.1, 0.15) is 5.69 Å². The van der Waals surface area contributed by atoms with Gasteiger partial charge in [0.05, 0.1) is 36.9 Å². The monoisotopic (exact) mass is 530 g/mol. The van der Waals surface area contributed by atoms with E-state index in [2.05, 4.69) is 20.0 Å². The molecule has 2 saturated heterocycles. The molecular weight excluding hydrogens is 504 g/mol. The summed E-state index contributed by atoms with van der Waals surface area (Å²) in [5.41, 5.74) is 4.05. The van der Waals surface area contributed by atoms with E-state index in [-0.39, 0.29) is 0 Å². The number of sulfonamides is 1. The molecule has 2 aliphatic rings. The first kappa shape index (κ1) is 23.6. The maximum atomic E-state index is 11.9. The first-order valence-corrected chi connectivity index (χ1v) is 14.1. The maximum absolute atomic E-state index is 11.9. The van der Waals surface area contributed by atoms with Gasteiger partial charge in [-0.1, -0.05) is 23.7 Å². The molecule has 0 unspecified atom stereocenters. The number of piperazine rings is 1. The van der Waals surface area contributed by atoms with E-state index >= 15 is 0 Å². The SMILES string of the molecule is CS(=O)(=O)N1CCN(Cc2cn3c(Cl)c(-c4ccc5cn[nH]c5c4)nc(N4CCOCC4)c3n2)CC1. The van der Waals surface area contributed by atoms with Crippen molar-refractivity contribution in [2.45, 2.75) is 6.54 Å². The van der Waals surface area contributed by atoms with Crippen LogP contribution in [0.2, 0.25) is 5.15 Å². The smallest absolute Gasteiger partial charge is 0.211 e. The Morgan fingerprint density at radius 3 is 2.61 bits per heavy atom. The van der Waals surface area contributed by atoms with Crippen LogP contribution in [-0.2, 0) is 21.3 Å². The number of nitrogens with zero attached hydrogens (tertiary/aromatic N) is 7. The van der Waals surface area contributed by atoms with Gasteiger partial charge >= 0.3 is 0 Å². The van der Waals surface area contributed by atoms with Gasteiger partial charge in [-0.3, -0.25) is 14.4 Å². The minimum absolute atomic E-state index is 0.480. The second-order valence-corrected chi connectivity index (χ2v) is 11.6. The molecule has 5 heterocycles. The molecular formula is C23H27ClN8O3S. The van der Waals surface area contributed by atoms with Gasteiger partial charge in [0.25, 0.3) is 0 Å². The number of hydrogen-bond acceptors (Lipinski definition) is 8. The fraction of sp³-hybridized carbons (Fsp3) is 0.435. The van der Waals surface area contributed by atoms with E-state index in [1.807, 2.05) is 28.8 Å². The van der Waals surface area contributed by atoms with Crippen molar-refractivity contribution in [3.05, 3.63) is 41.4 Å². The molecule has 0 amide bonds. The van der Waals surface area contributed by atoms with Crippen molar-refractivity contribution in [1.82, 2.24) is 33.8 Å². The van der Waals surface area contributed by atoms with Crippen LogP contribution >= 0.6 is 11.6 Å². The van der Waals surface area contributed by atoms with Gasteiger partial charge < -0.3 is 9.64 Å². The summed E-state index contributed by atoms with van der Waals surface area (Å²) < 4.78 is 32.7. The summed E-state index contributed by atoms with van der Waals surface area (Å²) in [6.07, 6.45) is 5.01. The van der Waals surface area contributed by atoms with Gasteiger partial charge in [-0.15, -0.1) is 0 Å². The zero-order chi connectivity index (χ0) is 24.9. The predicted molar refractivity (Wildman–Crippen MR) is 138 cm³/mol. The lowest BCUT2D eigenvalue weighted by Gasteiger charge is -2.32. The molecule has 13 heteroatoms. The first-order valence-electron chi connectivity index (χ1n) is 11.9. The predicted octanol–water partition coefficient (Wildman–Crippen LogP) is 1.84. The Hall–Kier alpha value is -2.77. The molecule has 0 radical (unpaired) electrons. The van der Waals surface area contributed by atoms with Crippen LogP contribution < -0.4 is 4.90 Å². The highest BCUT2D eigenvalue weighted by Crippen LogP contribution is 2.33. The Morgan fingerprint density at radius 2 is 1.86 bits per heavy atom. The molecule has 36 heavy (non-hydrogen) atoms. The summed E-state index contributed by atoms with van der Waals surface area (Å²) in [7, 11) is -3.17. The number of rotatable bonds is 5. The Bertz CT molecular complexity index is 1520. The highest BCUT2D eigenvalue weighted by molar-refractivity contribution is 7.88. The molecule has 1 N–H and O–H groups in total. The topological polar surface area (TPSA) is 112 Å². The van der Waals surface area contributed by atoms with Crippen LogP contribution in [0.15, 0.2) is 30.6 Å². The van der Waals surface area contributed by atoms with Gasteiger partial charge in [0.15, 0.2) is 11.5 Å². The van der Waals surface area contributed by atoms with Gasteiger partial charge in [-0.2, -0.15) is 9.40 Å². The van der Waals surface area contributed by atoms with E-state index in [4.69, 9.17) is 26.3 Å². The second kappa shape index (κ2) is 9.27. The van der Waals surface area contributed by atoms with Gasteiger partial charge in [-0.25, -0.2) is 18.4 Å². The van der Waals surface area contributed by atoms with Crippen LogP contribution in [0.5, 0.6) is 0 Å². The average Bonchev–Trinajstić information content (AvgIpc) is 3.51. The normalized spacial score (nSPS) is 18.4. The van der Waals surface area contributed by atoms with Crippen LogP contribution in [0.4, 0.5) is 5.82 Å². The molecule has 3 aromatic heterocycles. The molecule has 2 fully saturated rings. The van der Waals surface area contributed by atoms with Crippen LogP contribution in [0.3, 0.4) is 0 Å². The Labute approximate surface area is 213 Å². The number of aromatic amines is 1. The lowest BCUT2D eigenvalue weighted by atomic mass is 10.1. The largest absolute Gasteiger partial charge is 0.378 e. The zero-order valence-corrected chi connectivity index (χ0v) is 21.5. The van der Waals surface area contributed by atoms with E-state index < -0.39 is 10.0 Å². The molecule has 0 saturated carbocycles. The highest BCUT2D eigenvalue weighted by Gasteiger charge is 2.26. The number of anilines is 1. The fourth-order valence-corrected chi connectivity index (χ4v) is 5.94. The molecule has 190 valence electrons. The zero-order valence-electron chi connectivity index (χ0n) is 19.9. The number of aromatic nitrogens is 5. The Balaban J connectivity index is 1.37. The molecule has 2 aliphatic heterocycles. The van der Waals surface area contributed by atoms with Gasteiger partial charge in [-0.05, 0) is 6.07 Å². The van der Waals surface area contributed by atoms with Crippen molar-refractivity contribution in [2.75, 3.05) is 63.6 Å². The summed E-state index contributed by atoms with van der Waals surface area (Å²) >= 11 is 6.94. The van der Waals surface area contributed by atoms with Crippen molar-refractivity contribution in [1.29, 1.82) is 0 Å². The lowest BCUT2D eigenvalue weighted by molar-refractivity contribution is 0.122. The third-order valence-electron chi connectivity index (χ3n) is 6.79. The van der Waals surface area contributed by atoms with Gasteiger partial charge in [0.2, 0.25) is 10.0 Å². The quantitative estimate of drug-likeness (QED) is 0.416. The van der Waals surface area contributed by atoms with Crippen LogP contribution in [0, 0.1) is 0 Å². The van der Waals surface area contributed by atoms with Crippen molar-refractivity contribution in [3.8, 4) is 11.3 Å². The Morgan fingerprint density at radius 1 is 1.08 bits per heavy atom. The summed E-state index contributed by atoms with van der Waals surface area (Å²) in [5, 5.41) is 8.64. The summed E-state index contributed by atoms with van der Waals surface area (Å²) in [6, 6.07) is 6.00. The number of halogens is 1. The van der Waals surface area contributed by atoms with Crippen LogP contribution in [-0.4, -0.2) is 101 Å². The summed E-state index contributed by atoms with van der Waals surface area (Å²) in [6.45, 7) is 5.57. The van der Waals surface area contributed by atoms with Gasteiger partial charge in [0.1, 0.15) is 10.8 Å². The van der Waals surface area contributed by atoms with Gasteiger partial charge in [0, 0.05) is 63.0 Å². The van der Waals surface area contributed by atoms with Crippen molar-refractivity contribution in [3.63, 3.8) is 0 Å². The first-order chi connectivity index (χ1) is 17.4. The number of benzene rings is 1. The van der Waals surface area contributed by atoms with E-state index in [1.165, 1.54) is 10.6 Å². The molecule has 0 bridgehead atoms. The average molecular weight is 531 g/mol. The van der Waals surface area contributed by atoms with Crippen LogP contribution in [0.25, 0.3) is 27.8 Å². The number of hydrogen-bond donors (Lipinski definition) is 1. The van der Waals surface area contributed by atoms with E-state index in [0.717, 1.165) is 41.1 Å². The highest BCUT2D eigenvalue weighted by atomic mass is 35.5. The molecule has 4 aromatic rings. The summed E-state index contributed by atoms with van der Waals surface area (Å²) in [5.74, 6) is 0.774. The standard InChI is InChI=1S/C23H27ClN8O3S/c1-36(33,34)31-6-4-29(5-7-31)14-18-15-32-21(24)20(16-2-3-17-13-25-28-19(17)12-16)27-22(23(32)26-18)30-8-10-35-11-9-30/h2-3,12-13,15H,4-11,14H2,1H3,(H,25,28). The number of H-pyrrole nitrogens is 1. The molecule has 1 aromatic carbocycles. The van der Waals surface area contributed by atoms with Crippen molar-refractivity contribution < 1.29 is 13.2 Å². The number of nitrogens with one attached hydrogen (secondary N) is 1. The number of fused-ring (bicyclic) bond motifs is 2. The lowest BCUT2D eigenvalue weighted by Crippen LogP contribution is -2.47. The maximum Gasteiger partial charge on any atom is 0.211 e. The van der Waals surface area contributed by atoms with E-state index in [1.54, 1.807) is 6.20 Å². The fourth-order valence-electron chi connectivity index (χ4n) is 4.83. The third-order valence-corrected chi connectivity index (χ3v) is 8.46. The number of morpholine rings is 1. The van der Waals surface area contributed by atoms with E-state index in [0.29, 0.717) is 62.4 Å². The Kier molecular flexibility index (Phi) is 6.08. The minimum atomic E-state index is -3.17. The third kappa shape index (κ3) is 4.43. The van der Waals surface area contributed by atoms with Crippen molar-refractivity contribution >= 4 is 44.0 Å². The molecule has 0 aliphatic carbocycles. The van der Waals surface area contributed by atoms with Crippen molar-refractivity contribution in [2.24, 2.45) is 0 Å². The number of imidazole rings is 1. The molecule has 11 nitrogen and oxygen atoms in total. The minimum Gasteiger partial charge on any atom is -0.378 e. The molecule has 0 atom stereocenters. The number of ether oxygens (including phenoxy) is 1. The molecule has 0 spiro atoms.